The van der Waals surface area contributed by atoms with Gasteiger partial charge in [-0.2, -0.15) is 0 Å². The third kappa shape index (κ3) is 1.28. The number of aromatic nitrogens is 2. The summed E-state index contributed by atoms with van der Waals surface area (Å²) in [5.74, 6) is 0.974. The molecule has 3 nitrogen and oxygen atoms in total. The molecule has 1 aliphatic rings. The molecule has 13 heavy (non-hydrogen) atoms. The maximum Gasteiger partial charge on any atom is 0.201 e. The summed E-state index contributed by atoms with van der Waals surface area (Å²) >= 11 is 0. The van der Waals surface area contributed by atoms with Gasteiger partial charge in [0.2, 0.25) is 5.78 Å². The number of carbonyl (C=O) groups excluding carboxylic acids is 1. The van der Waals surface area contributed by atoms with E-state index in [9.17, 15) is 4.79 Å². The Labute approximate surface area is 77.8 Å². The van der Waals surface area contributed by atoms with Gasteiger partial charge in [0.05, 0.1) is 0 Å². The van der Waals surface area contributed by atoms with E-state index in [1.807, 2.05) is 13.2 Å². The Morgan fingerprint density at radius 1 is 1.69 bits per heavy atom. The van der Waals surface area contributed by atoms with Gasteiger partial charge in [-0.1, -0.05) is 13.8 Å². The number of Topliss-reactive ketones (excluding diaryl/α,β-unsaturated/α-hetero) is 1. The molecule has 1 unspecified atom stereocenters. The highest BCUT2D eigenvalue weighted by Crippen LogP contribution is 2.52. The lowest BCUT2D eigenvalue weighted by Crippen LogP contribution is -2.12. The Hall–Kier alpha value is -1.12. The van der Waals surface area contributed by atoms with Gasteiger partial charge in [-0.25, -0.2) is 4.98 Å². The summed E-state index contributed by atoms with van der Waals surface area (Å²) in [6, 6.07) is 0. The molecule has 70 valence electrons. The Kier molecular flexibility index (Phi) is 1.59. The zero-order valence-corrected chi connectivity index (χ0v) is 8.24. The molecule has 1 heterocycles. The average molecular weight is 178 g/mol. The summed E-state index contributed by atoms with van der Waals surface area (Å²) in [6.07, 6.45) is 4.48. The van der Waals surface area contributed by atoms with Crippen LogP contribution < -0.4 is 0 Å². The van der Waals surface area contributed by atoms with Gasteiger partial charge < -0.3 is 4.57 Å². The lowest BCUT2D eigenvalue weighted by Gasteiger charge is -2.02. The number of hydrogen-bond donors (Lipinski definition) is 0. The molecule has 1 aromatic rings. The van der Waals surface area contributed by atoms with Crippen molar-refractivity contribution in [1.82, 2.24) is 9.55 Å². The van der Waals surface area contributed by atoms with Crippen LogP contribution in [0.25, 0.3) is 0 Å². The first-order valence-corrected chi connectivity index (χ1v) is 4.54. The highest BCUT2D eigenvalue weighted by Gasteiger charge is 2.51. The molecule has 0 bridgehead atoms. The molecule has 0 aromatic carbocycles. The molecule has 1 aromatic heterocycles. The summed E-state index contributed by atoms with van der Waals surface area (Å²) in [5, 5.41) is 0. The van der Waals surface area contributed by atoms with Crippen LogP contribution in [0.15, 0.2) is 12.4 Å². The second-order valence-electron chi connectivity index (χ2n) is 4.47. The summed E-state index contributed by atoms with van der Waals surface area (Å²) in [6.45, 7) is 4.25. The molecule has 0 N–H and O–H groups in total. The van der Waals surface area contributed by atoms with E-state index in [-0.39, 0.29) is 17.1 Å². The molecule has 1 atom stereocenters. The summed E-state index contributed by atoms with van der Waals surface area (Å²) in [4.78, 5) is 15.9. The Bertz CT molecular complexity index is 352. The third-order valence-electron chi connectivity index (χ3n) is 2.87. The van der Waals surface area contributed by atoms with Gasteiger partial charge in [0.1, 0.15) is 0 Å². The third-order valence-corrected chi connectivity index (χ3v) is 2.87. The standard InChI is InChI=1S/C10H14N2O/c1-10(2)6-7(10)8(13)9-11-4-5-12(9)3/h4-5,7H,6H2,1-3H3. The van der Waals surface area contributed by atoms with Crippen molar-refractivity contribution in [2.24, 2.45) is 18.4 Å². The predicted octanol–water partition coefficient (Wildman–Crippen LogP) is 1.65. The fourth-order valence-corrected chi connectivity index (χ4v) is 1.67. The fourth-order valence-electron chi connectivity index (χ4n) is 1.67. The zero-order valence-electron chi connectivity index (χ0n) is 8.24. The fraction of sp³-hybridized carbons (Fsp3) is 0.600. The van der Waals surface area contributed by atoms with Crippen molar-refractivity contribution in [2.75, 3.05) is 0 Å². The lowest BCUT2D eigenvalue weighted by atomic mass is 10.1. The topological polar surface area (TPSA) is 34.9 Å². The predicted molar refractivity (Wildman–Crippen MR) is 49.4 cm³/mol. The SMILES string of the molecule is Cn1ccnc1C(=O)C1CC1(C)C. The van der Waals surface area contributed by atoms with Crippen LogP contribution in [-0.4, -0.2) is 15.3 Å². The van der Waals surface area contributed by atoms with Crippen LogP contribution in [0.5, 0.6) is 0 Å². The van der Waals surface area contributed by atoms with Crippen LogP contribution in [0, 0.1) is 11.3 Å². The van der Waals surface area contributed by atoms with E-state index in [1.165, 1.54) is 0 Å². The normalized spacial score (nSPS) is 24.4. The number of nitrogens with zero attached hydrogens (tertiary/aromatic N) is 2. The number of aryl methyl sites for hydroxylation is 1. The van der Waals surface area contributed by atoms with Crippen molar-refractivity contribution < 1.29 is 4.79 Å². The van der Waals surface area contributed by atoms with Crippen molar-refractivity contribution in [3.63, 3.8) is 0 Å². The minimum Gasteiger partial charge on any atom is -0.332 e. The van der Waals surface area contributed by atoms with Crippen LogP contribution in [0.2, 0.25) is 0 Å². The highest BCUT2D eigenvalue weighted by molar-refractivity contribution is 5.97. The number of carbonyl (C=O) groups is 1. The van der Waals surface area contributed by atoms with E-state index in [0.29, 0.717) is 5.82 Å². The zero-order chi connectivity index (χ0) is 9.64. The first kappa shape index (κ1) is 8.48. The summed E-state index contributed by atoms with van der Waals surface area (Å²) < 4.78 is 1.79. The second-order valence-corrected chi connectivity index (χ2v) is 4.47. The molecular formula is C10H14N2O. The maximum atomic E-state index is 11.8. The van der Waals surface area contributed by atoms with Gasteiger partial charge in [-0.15, -0.1) is 0 Å². The first-order chi connectivity index (χ1) is 6.02. The van der Waals surface area contributed by atoms with Gasteiger partial charge in [-0.3, -0.25) is 4.79 Å². The number of imidazole rings is 1. The summed E-state index contributed by atoms with van der Waals surface area (Å²) in [5.41, 5.74) is 0.197. The average Bonchev–Trinajstić information content (AvgIpc) is 2.49. The summed E-state index contributed by atoms with van der Waals surface area (Å²) in [7, 11) is 1.86. The Morgan fingerprint density at radius 3 is 2.69 bits per heavy atom. The van der Waals surface area contributed by atoms with Crippen molar-refractivity contribution in [1.29, 1.82) is 0 Å². The molecule has 0 aliphatic heterocycles. The monoisotopic (exact) mass is 178 g/mol. The molecule has 1 aliphatic carbocycles. The largest absolute Gasteiger partial charge is 0.332 e. The molecule has 1 saturated carbocycles. The number of rotatable bonds is 2. The van der Waals surface area contributed by atoms with E-state index in [4.69, 9.17) is 0 Å². The van der Waals surface area contributed by atoms with Crippen molar-refractivity contribution in [2.45, 2.75) is 20.3 Å². The lowest BCUT2D eigenvalue weighted by molar-refractivity contribution is 0.0940. The smallest absolute Gasteiger partial charge is 0.201 e. The van der Waals surface area contributed by atoms with Crippen molar-refractivity contribution >= 4 is 5.78 Å². The minimum absolute atomic E-state index is 0.189. The van der Waals surface area contributed by atoms with E-state index in [1.54, 1.807) is 10.8 Å². The van der Waals surface area contributed by atoms with Crippen LogP contribution in [-0.2, 0) is 7.05 Å². The van der Waals surface area contributed by atoms with Gasteiger partial charge in [0.25, 0.3) is 0 Å². The quantitative estimate of drug-likeness (QED) is 0.645. The molecule has 0 amide bonds. The van der Waals surface area contributed by atoms with Gasteiger partial charge in [-0.05, 0) is 11.8 Å². The molecule has 0 radical (unpaired) electrons. The van der Waals surface area contributed by atoms with E-state index in [0.717, 1.165) is 6.42 Å². The van der Waals surface area contributed by atoms with E-state index in [2.05, 4.69) is 18.8 Å². The molecule has 2 rings (SSSR count). The maximum absolute atomic E-state index is 11.8. The minimum atomic E-state index is 0.189. The second kappa shape index (κ2) is 2.44. The molecular weight excluding hydrogens is 164 g/mol. The molecule has 0 spiro atoms. The number of ketones is 1. The van der Waals surface area contributed by atoms with Crippen LogP contribution >= 0.6 is 0 Å². The van der Waals surface area contributed by atoms with Crippen LogP contribution in [0.4, 0.5) is 0 Å². The van der Waals surface area contributed by atoms with E-state index < -0.39 is 0 Å². The van der Waals surface area contributed by atoms with Gasteiger partial charge >= 0.3 is 0 Å². The number of hydrogen-bond acceptors (Lipinski definition) is 2. The van der Waals surface area contributed by atoms with Gasteiger partial charge in [0, 0.05) is 25.4 Å². The Balaban J connectivity index is 2.21. The van der Waals surface area contributed by atoms with Crippen LogP contribution in [0.3, 0.4) is 0 Å². The highest BCUT2D eigenvalue weighted by atomic mass is 16.1. The van der Waals surface area contributed by atoms with Crippen molar-refractivity contribution in [3.05, 3.63) is 18.2 Å². The first-order valence-electron chi connectivity index (χ1n) is 4.54. The van der Waals surface area contributed by atoms with E-state index >= 15 is 0 Å². The molecule has 1 fully saturated rings. The van der Waals surface area contributed by atoms with Gasteiger partial charge in [0.15, 0.2) is 5.82 Å². The molecule has 3 heteroatoms. The molecule has 0 saturated heterocycles. The van der Waals surface area contributed by atoms with Crippen molar-refractivity contribution in [3.8, 4) is 0 Å². The Morgan fingerprint density at radius 2 is 2.31 bits per heavy atom. The van der Waals surface area contributed by atoms with Crippen LogP contribution in [0.1, 0.15) is 30.9 Å².